The number of carbonyl (C=O) groups excluding carboxylic acids is 2. The Bertz CT molecular complexity index is 1150. The number of benzene rings is 2. The van der Waals surface area contributed by atoms with Crippen LogP contribution in [-0.2, 0) is 16.1 Å². The highest BCUT2D eigenvalue weighted by Gasteiger charge is 2.09. The van der Waals surface area contributed by atoms with Crippen molar-refractivity contribution in [2.24, 2.45) is 0 Å². The van der Waals surface area contributed by atoms with Gasteiger partial charge in [0.15, 0.2) is 0 Å². The Kier molecular flexibility index (Phi) is 7.92. The summed E-state index contributed by atoms with van der Waals surface area (Å²) in [6, 6.07) is 17.8. The average molecular weight is 456 g/mol. The molecule has 3 aromatic rings. The molecule has 8 heteroatoms. The number of pyridine rings is 1. The summed E-state index contributed by atoms with van der Waals surface area (Å²) in [5.74, 6) is -0.147. The molecule has 160 valence electrons. The van der Waals surface area contributed by atoms with Crippen molar-refractivity contribution in [1.82, 2.24) is 4.57 Å². The smallest absolute Gasteiger partial charge is 0.250 e. The van der Waals surface area contributed by atoms with Gasteiger partial charge >= 0.3 is 0 Å². The first kappa shape index (κ1) is 22.7. The molecule has 1 aromatic heterocycles. The number of anilines is 2. The summed E-state index contributed by atoms with van der Waals surface area (Å²) in [5.41, 5.74) is 2.91. The number of aromatic nitrogens is 1. The molecule has 0 spiro atoms. The van der Waals surface area contributed by atoms with Crippen LogP contribution in [-0.4, -0.2) is 27.9 Å². The lowest BCUT2D eigenvalue weighted by molar-refractivity contribution is -0.114. The highest BCUT2D eigenvalue weighted by Crippen LogP contribution is 2.16. The van der Waals surface area contributed by atoms with Crippen molar-refractivity contribution >= 4 is 46.6 Å². The highest BCUT2D eigenvalue weighted by atomic mass is 35.5. The number of halogens is 1. The maximum absolute atomic E-state index is 12.2. The number of hydrogen-bond acceptors (Lipinski definition) is 4. The normalized spacial score (nSPS) is 10.5. The van der Waals surface area contributed by atoms with Crippen LogP contribution in [0.3, 0.4) is 0 Å². The van der Waals surface area contributed by atoms with E-state index in [1.54, 1.807) is 18.3 Å². The topological polar surface area (TPSA) is 80.2 Å². The van der Waals surface area contributed by atoms with Gasteiger partial charge in [-0.25, -0.2) is 0 Å². The number of nitrogens with zero attached hydrogens (tertiary/aromatic N) is 1. The zero-order valence-corrected chi connectivity index (χ0v) is 18.5. The third-order valence-electron chi connectivity index (χ3n) is 4.33. The van der Waals surface area contributed by atoms with Crippen LogP contribution in [0.15, 0.2) is 71.7 Å². The fraction of sp³-hybridized carbons (Fsp3) is 0.174. The number of nitrogens with one attached hydrogen (secondary N) is 2. The van der Waals surface area contributed by atoms with Gasteiger partial charge in [-0.2, -0.15) is 0 Å². The molecule has 0 radical (unpaired) electrons. The summed E-state index contributed by atoms with van der Waals surface area (Å²) in [6.07, 6.45) is 1.58. The number of thioether (sulfide) groups is 1. The van der Waals surface area contributed by atoms with E-state index in [9.17, 15) is 14.4 Å². The third-order valence-corrected chi connectivity index (χ3v) is 5.64. The lowest BCUT2D eigenvalue weighted by Crippen LogP contribution is -2.22. The van der Waals surface area contributed by atoms with E-state index in [4.69, 9.17) is 11.6 Å². The van der Waals surface area contributed by atoms with Gasteiger partial charge in [-0.1, -0.05) is 41.9 Å². The van der Waals surface area contributed by atoms with Crippen molar-refractivity contribution in [3.63, 3.8) is 0 Å². The van der Waals surface area contributed by atoms with Gasteiger partial charge in [0.2, 0.25) is 11.8 Å². The Morgan fingerprint density at radius 3 is 2.35 bits per heavy atom. The number of amides is 2. The van der Waals surface area contributed by atoms with Crippen LogP contribution in [0.1, 0.15) is 11.1 Å². The van der Waals surface area contributed by atoms with Crippen molar-refractivity contribution in [3.05, 3.63) is 93.4 Å². The molecule has 0 bridgehead atoms. The van der Waals surface area contributed by atoms with Gasteiger partial charge in [0, 0.05) is 23.0 Å². The first-order chi connectivity index (χ1) is 14.9. The Labute approximate surface area is 189 Å². The van der Waals surface area contributed by atoms with Crippen LogP contribution in [0.2, 0.25) is 5.02 Å². The SMILES string of the molecule is Cc1cccc(NC(=O)CSCC(=O)Nc2ccc(=O)n(Cc3ccccc3Cl)c2)c1. The number of carbonyl (C=O) groups is 2. The van der Waals surface area contributed by atoms with Crippen molar-refractivity contribution in [2.45, 2.75) is 13.5 Å². The molecule has 0 aliphatic rings. The molecular weight excluding hydrogens is 434 g/mol. The zero-order valence-electron chi connectivity index (χ0n) is 16.9. The molecule has 0 saturated heterocycles. The van der Waals surface area contributed by atoms with Crippen LogP contribution in [0.5, 0.6) is 0 Å². The van der Waals surface area contributed by atoms with E-state index in [1.807, 2.05) is 49.4 Å². The number of aryl methyl sites for hydroxylation is 1. The summed E-state index contributed by atoms with van der Waals surface area (Å²) in [6.45, 7) is 2.25. The molecule has 3 rings (SSSR count). The molecule has 0 aliphatic carbocycles. The quantitative estimate of drug-likeness (QED) is 0.534. The van der Waals surface area contributed by atoms with Crippen molar-refractivity contribution in [3.8, 4) is 0 Å². The minimum absolute atomic E-state index is 0.116. The second kappa shape index (κ2) is 10.8. The molecule has 0 fully saturated rings. The minimum Gasteiger partial charge on any atom is -0.325 e. The molecule has 0 unspecified atom stereocenters. The van der Waals surface area contributed by atoms with Crippen molar-refractivity contribution < 1.29 is 9.59 Å². The van der Waals surface area contributed by atoms with E-state index in [0.717, 1.165) is 16.8 Å². The predicted octanol–water partition coefficient (Wildman–Crippen LogP) is 4.17. The molecule has 31 heavy (non-hydrogen) atoms. The second-order valence-electron chi connectivity index (χ2n) is 6.93. The zero-order chi connectivity index (χ0) is 22.2. The van der Waals surface area contributed by atoms with Gasteiger partial charge in [0.25, 0.3) is 5.56 Å². The number of hydrogen-bond donors (Lipinski definition) is 2. The monoisotopic (exact) mass is 455 g/mol. The summed E-state index contributed by atoms with van der Waals surface area (Å²) in [4.78, 5) is 36.4. The fourth-order valence-corrected chi connectivity index (χ4v) is 3.71. The molecule has 0 aliphatic heterocycles. The summed E-state index contributed by atoms with van der Waals surface area (Å²) < 4.78 is 1.49. The summed E-state index contributed by atoms with van der Waals surface area (Å²) in [5, 5.41) is 6.14. The molecule has 2 amide bonds. The van der Waals surface area contributed by atoms with Gasteiger partial charge in [-0.3, -0.25) is 14.4 Å². The van der Waals surface area contributed by atoms with Crippen LogP contribution < -0.4 is 16.2 Å². The van der Waals surface area contributed by atoms with Crippen molar-refractivity contribution in [2.75, 3.05) is 22.1 Å². The van der Waals surface area contributed by atoms with Crippen LogP contribution in [0, 0.1) is 6.92 Å². The van der Waals surface area contributed by atoms with Gasteiger partial charge in [-0.15, -0.1) is 11.8 Å². The first-order valence-corrected chi connectivity index (χ1v) is 11.1. The van der Waals surface area contributed by atoms with Crippen LogP contribution in [0.25, 0.3) is 0 Å². The molecule has 2 aromatic carbocycles. The average Bonchev–Trinajstić information content (AvgIpc) is 2.72. The third kappa shape index (κ3) is 7.01. The predicted molar refractivity (Wildman–Crippen MR) is 127 cm³/mol. The fourth-order valence-electron chi connectivity index (χ4n) is 2.89. The van der Waals surface area contributed by atoms with Crippen molar-refractivity contribution in [1.29, 1.82) is 0 Å². The Morgan fingerprint density at radius 1 is 0.935 bits per heavy atom. The van der Waals surface area contributed by atoms with Crippen LogP contribution >= 0.6 is 23.4 Å². The van der Waals surface area contributed by atoms with E-state index in [0.29, 0.717) is 17.3 Å². The molecular formula is C23H22ClN3O3S. The van der Waals surface area contributed by atoms with Gasteiger partial charge in [0.05, 0.1) is 23.7 Å². The summed E-state index contributed by atoms with van der Waals surface area (Å²) >= 11 is 7.39. The van der Waals surface area contributed by atoms with Gasteiger partial charge in [0.1, 0.15) is 0 Å². The largest absolute Gasteiger partial charge is 0.325 e. The highest BCUT2D eigenvalue weighted by molar-refractivity contribution is 8.00. The first-order valence-electron chi connectivity index (χ1n) is 9.59. The summed E-state index contributed by atoms with van der Waals surface area (Å²) in [7, 11) is 0. The van der Waals surface area contributed by atoms with Gasteiger partial charge < -0.3 is 15.2 Å². The van der Waals surface area contributed by atoms with E-state index in [2.05, 4.69) is 10.6 Å². The molecule has 2 N–H and O–H groups in total. The standard InChI is InChI=1S/C23H22ClN3O3S/c1-16-5-4-7-18(11-16)25-21(28)14-31-15-22(29)26-19-9-10-23(30)27(13-19)12-17-6-2-3-8-20(17)24/h2-11,13H,12,14-15H2,1H3,(H,25,28)(H,26,29). The van der Waals surface area contributed by atoms with E-state index in [1.165, 1.54) is 22.4 Å². The van der Waals surface area contributed by atoms with E-state index >= 15 is 0 Å². The maximum Gasteiger partial charge on any atom is 0.250 e. The lowest BCUT2D eigenvalue weighted by atomic mass is 10.2. The lowest BCUT2D eigenvalue weighted by Gasteiger charge is -2.11. The minimum atomic E-state index is -0.253. The Balaban J connectivity index is 1.50. The molecule has 6 nitrogen and oxygen atoms in total. The molecule has 0 atom stereocenters. The maximum atomic E-state index is 12.2. The Morgan fingerprint density at radius 2 is 1.65 bits per heavy atom. The second-order valence-corrected chi connectivity index (χ2v) is 8.33. The molecule has 1 heterocycles. The van der Waals surface area contributed by atoms with Crippen LogP contribution in [0.4, 0.5) is 11.4 Å². The van der Waals surface area contributed by atoms with Gasteiger partial charge in [-0.05, 0) is 42.3 Å². The molecule has 0 saturated carbocycles. The van der Waals surface area contributed by atoms with E-state index in [-0.39, 0.29) is 28.9 Å². The number of rotatable bonds is 8. The van der Waals surface area contributed by atoms with E-state index < -0.39 is 0 Å². The Hall–Kier alpha value is -3.03.